The van der Waals surface area contributed by atoms with E-state index in [0.717, 1.165) is 23.3 Å². The standard InChI is InChI=1S/C32H24F3N7O2/c1-17-6-7-18(30(44)40-23-5-3-4-22(12-23)32(33,34)35)10-24(17)25-11-20-14-38-31(36)41-28(20)27(29(25)43)19-8-9-26(37-13-19)21-15-39-42(2)16-21/h3-16,43H,1-2H3,(H,40,44)(H2,36,38,41). The molecular formula is C32H24F3N7O2. The molecular weight excluding hydrogens is 571 g/mol. The number of nitrogens with two attached hydrogens (primary N) is 1. The Hall–Kier alpha value is -5.78. The van der Waals surface area contributed by atoms with Crippen LogP contribution in [0, 0.1) is 6.92 Å². The third-order valence-corrected chi connectivity index (χ3v) is 7.15. The summed E-state index contributed by atoms with van der Waals surface area (Å²) in [6.07, 6.45) is 2.14. The number of nitrogen functional groups attached to an aromatic ring is 1. The molecule has 0 aliphatic heterocycles. The number of nitrogens with zero attached hydrogens (tertiary/aromatic N) is 5. The van der Waals surface area contributed by atoms with Crippen LogP contribution < -0.4 is 11.1 Å². The van der Waals surface area contributed by atoms with E-state index in [0.29, 0.717) is 38.9 Å². The highest BCUT2D eigenvalue weighted by atomic mass is 19.4. The molecule has 0 atom stereocenters. The molecule has 6 aromatic rings. The van der Waals surface area contributed by atoms with E-state index in [-0.39, 0.29) is 22.9 Å². The van der Waals surface area contributed by atoms with Crippen LogP contribution in [-0.2, 0) is 13.2 Å². The molecule has 0 fully saturated rings. The first kappa shape index (κ1) is 28.3. The molecule has 1 amide bonds. The number of carbonyl (C=O) groups is 1. The van der Waals surface area contributed by atoms with Crippen LogP contribution in [0.2, 0.25) is 0 Å². The Labute approximate surface area is 248 Å². The van der Waals surface area contributed by atoms with E-state index < -0.39 is 17.6 Å². The molecule has 3 aromatic heterocycles. The minimum absolute atomic E-state index is 0.000225. The van der Waals surface area contributed by atoms with Crippen molar-refractivity contribution >= 4 is 28.4 Å². The minimum Gasteiger partial charge on any atom is -0.507 e. The second kappa shape index (κ2) is 10.8. The summed E-state index contributed by atoms with van der Waals surface area (Å²) in [7, 11) is 1.81. The molecule has 9 nitrogen and oxygen atoms in total. The van der Waals surface area contributed by atoms with Crippen molar-refractivity contribution in [1.29, 1.82) is 0 Å². The Morgan fingerprint density at radius 1 is 0.955 bits per heavy atom. The third-order valence-electron chi connectivity index (χ3n) is 7.15. The van der Waals surface area contributed by atoms with Gasteiger partial charge in [0.1, 0.15) is 5.75 Å². The molecule has 4 N–H and O–H groups in total. The van der Waals surface area contributed by atoms with E-state index in [1.54, 1.807) is 59.7 Å². The number of nitrogens with one attached hydrogen (secondary N) is 1. The van der Waals surface area contributed by atoms with Gasteiger partial charge in [-0.25, -0.2) is 9.97 Å². The van der Waals surface area contributed by atoms with E-state index >= 15 is 0 Å². The number of phenolic OH excluding ortho intramolecular Hbond substituents is 1. The number of alkyl halides is 3. The van der Waals surface area contributed by atoms with Gasteiger partial charge < -0.3 is 16.2 Å². The molecule has 0 spiro atoms. The maximum atomic E-state index is 13.2. The number of carbonyl (C=O) groups excluding carboxylic acids is 1. The Kier molecular flexibility index (Phi) is 6.96. The van der Waals surface area contributed by atoms with Crippen LogP contribution >= 0.6 is 0 Å². The largest absolute Gasteiger partial charge is 0.507 e. The van der Waals surface area contributed by atoms with Gasteiger partial charge in [-0.05, 0) is 60.5 Å². The fourth-order valence-corrected chi connectivity index (χ4v) is 4.96. The smallest absolute Gasteiger partial charge is 0.416 e. The lowest BCUT2D eigenvalue weighted by Crippen LogP contribution is -2.13. The zero-order chi connectivity index (χ0) is 31.2. The van der Waals surface area contributed by atoms with Crippen molar-refractivity contribution in [3.63, 3.8) is 0 Å². The highest BCUT2D eigenvalue weighted by molar-refractivity contribution is 6.06. The predicted octanol–water partition coefficient (Wildman–Crippen LogP) is 6.63. The number of fused-ring (bicyclic) bond motifs is 1. The van der Waals surface area contributed by atoms with Crippen LogP contribution in [0.15, 0.2) is 85.5 Å². The van der Waals surface area contributed by atoms with Crippen LogP contribution in [0.5, 0.6) is 5.75 Å². The number of halogens is 3. The number of anilines is 2. The van der Waals surface area contributed by atoms with Crippen LogP contribution in [0.3, 0.4) is 0 Å². The van der Waals surface area contributed by atoms with Gasteiger partial charge in [-0.2, -0.15) is 18.3 Å². The van der Waals surface area contributed by atoms with Crippen LogP contribution in [-0.4, -0.2) is 35.7 Å². The number of aromatic hydroxyl groups is 1. The van der Waals surface area contributed by atoms with Crippen molar-refractivity contribution in [3.8, 4) is 39.3 Å². The van der Waals surface area contributed by atoms with Gasteiger partial charge in [0.05, 0.1) is 28.5 Å². The zero-order valence-corrected chi connectivity index (χ0v) is 23.4. The van der Waals surface area contributed by atoms with Crippen LogP contribution in [0.25, 0.3) is 44.4 Å². The number of rotatable bonds is 5. The molecule has 44 heavy (non-hydrogen) atoms. The zero-order valence-electron chi connectivity index (χ0n) is 23.4. The van der Waals surface area contributed by atoms with Crippen molar-refractivity contribution in [2.75, 3.05) is 11.1 Å². The molecule has 12 heteroatoms. The first-order valence-electron chi connectivity index (χ1n) is 13.3. The third kappa shape index (κ3) is 5.40. The fourth-order valence-electron chi connectivity index (χ4n) is 4.96. The van der Waals surface area contributed by atoms with Gasteiger partial charge in [-0.1, -0.05) is 18.2 Å². The van der Waals surface area contributed by atoms with Gasteiger partial charge in [-0.3, -0.25) is 14.5 Å². The second-order valence-electron chi connectivity index (χ2n) is 10.2. The lowest BCUT2D eigenvalue weighted by molar-refractivity contribution is -0.137. The molecule has 0 radical (unpaired) electrons. The summed E-state index contributed by atoms with van der Waals surface area (Å²) >= 11 is 0. The topological polar surface area (TPSA) is 132 Å². The molecule has 220 valence electrons. The lowest BCUT2D eigenvalue weighted by atomic mass is 9.91. The number of aromatic nitrogens is 5. The summed E-state index contributed by atoms with van der Waals surface area (Å²) < 4.78 is 41.2. The number of benzene rings is 3. The van der Waals surface area contributed by atoms with E-state index in [9.17, 15) is 23.1 Å². The van der Waals surface area contributed by atoms with E-state index in [1.165, 1.54) is 12.1 Å². The molecule has 0 saturated heterocycles. The molecule has 6 rings (SSSR count). The predicted molar refractivity (Wildman–Crippen MR) is 161 cm³/mol. The Morgan fingerprint density at radius 2 is 1.77 bits per heavy atom. The second-order valence-corrected chi connectivity index (χ2v) is 10.2. The summed E-state index contributed by atoms with van der Waals surface area (Å²) in [4.78, 5) is 26.2. The van der Waals surface area contributed by atoms with Crippen molar-refractivity contribution in [3.05, 3.63) is 102 Å². The van der Waals surface area contributed by atoms with Crippen molar-refractivity contribution in [2.45, 2.75) is 13.1 Å². The fraction of sp³-hybridized carbons (Fsp3) is 0.0938. The van der Waals surface area contributed by atoms with Crippen molar-refractivity contribution < 1.29 is 23.1 Å². The monoisotopic (exact) mass is 595 g/mol. The van der Waals surface area contributed by atoms with Crippen molar-refractivity contribution in [1.82, 2.24) is 24.7 Å². The van der Waals surface area contributed by atoms with Crippen molar-refractivity contribution in [2.24, 2.45) is 7.05 Å². The first-order valence-corrected chi connectivity index (χ1v) is 13.3. The summed E-state index contributed by atoms with van der Waals surface area (Å²) in [5.41, 5.74) is 9.73. The molecule has 3 aromatic carbocycles. The van der Waals surface area contributed by atoms with Gasteiger partial charge >= 0.3 is 6.18 Å². The Bertz CT molecular complexity index is 2050. The van der Waals surface area contributed by atoms with Gasteiger partial charge in [0.15, 0.2) is 0 Å². The van der Waals surface area contributed by atoms with Gasteiger partial charge in [0.25, 0.3) is 5.91 Å². The number of pyridine rings is 1. The van der Waals surface area contributed by atoms with E-state index in [4.69, 9.17) is 5.73 Å². The average Bonchev–Trinajstić information content (AvgIpc) is 3.43. The number of hydrogen-bond acceptors (Lipinski definition) is 7. The SMILES string of the molecule is Cc1ccc(C(=O)Nc2cccc(C(F)(F)F)c2)cc1-c1cc2cnc(N)nc2c(-c2ccc(-c3cnn(C)c3)nc2)c1O. The molecule has 0 unspecified atom stereocenters. The molecule has 0 saturated carbocycles. The molecule has 0 bridgehead atoms. The quantitative estimate of drug-likeness (QED) is 0.204. The van der Waals surface area contributed by atoms with Gasteiger partial charge in [0.2, 0.25) is 5.95 Å². The Balaban J connectivity index is 1.43. The van der Waals surface area contributed by atoms with E-state index in [2.05, 4.69) is 25.4 Å². The average molecular weight is 596 g/mol. The van der Waals surface area contributed by atoms with Gasteiger partial charge in [0, 0.05) is 59.0 Å². The maximum Gasteiger partial charge on any atom is 0.416 e. The highest BCUT2D eigenvalue weighted by Crippen LogP contribution is 2.44. The molecule has 0 aliphatic rings. The highest BCUT2D eigenvalue weighted by Gasteiger charge is 2.30. The number of hydrogen-bond donors (Lipinski definition) is 3. The summed E-state index contributed by atoms with van der Waals surface area (Å²) in [6.45, 7) is 1.82. The summed E-state index contributed by atoms with van der Waals surface area (Å²) in [6, 6.07) is 14.5. The lowest BCUT2D eigenvalue weighted by Gasteiger charge is -2.16. The Morgan fingerprint density at radius 3 is 2.48 bits per heavy atom. The number of phenols is 1. The summed E-state index contributed by atoms with van der Waals surface area (Å²) in [5.74, 6) is -0.710. The normalized spacial score (nSPS) is 11.6. The number of amides is 1. The minimum atomic E-state index is -4.55. The maximum absolute atomic E-state index is 13.2. The molecule has 0 aliphatic carbocycles. The molecule has 3 heterocycles. The van der Waals surface area contributed by atoms with Crippen LogP contribution in [0.4, 0.5) is 24.8 Å². The van der Waals surface area contributed by atoms with Gasteiger partial charge in [-0.15, -0.1) is 0 Å². The van der Waals surface area contributed by atoms with E-state index in [1.807, 2.05) is 20.2 Å². The van der Waals surface area contributed by atoms with Crippen LogP contribution in [0.1, 0.15) is 21.5 Å². The number of aryl methyl sites for hydroxylation is 2. The first-order chi connectivity index (χ1) is 21.0. The summed E-state index contributed by atoms with van der Waals surface area (Å²) in [5, 5.41) is 19.0.